The molecule has 24 heteroatoms. The number of primary amides is 1. The number of pyridine rings is 1. The number of ether oxygens (including phenoxy) is 3. The number of carbonyl (C=O) groups is 7. The monoisotopic (exact) mass is 986 g/mol. The number of aryl methyl sites for hydroxylation is 1. The first-order valence-corrected chi connectivity index (χ1v) is 22.3. The highest BCUT2D eigenvalue weighted by molar-refractivity contribution is 6.25. The zero-order chi connectivity index (χ0) is 51.0. The fourth-order valence-electron chi connectivity index (χ4n) is 7.50. The molecule has 374 valence electrons. The molecule has 1 atom stereocenters. The van der Waals surface area contributed by atoms with Crippen LogP contribution in [0.25, 0.3) is 17.1 Å². The normalized spacial score (nSPS) is 14.8. The van der Waals surface area contributed by atoms with Crippen LogP contribution in [0.15, 0.2) is 77.7 Å². The number of nitrogens with one attached hydrogen (secondary N) is 3. The van der Waals surface area contributed by atoms with Gasteiger partial charge in [-0.05, 0) is 88.4 Å². The van der Waals surface area contributed by atoms with Crippen LogP contribution < -0.4 is 26.6 Å². The number of nitrogens with zero attached hydrogens (tertiary/aromatic N) is 6. The predicted molar refractivity (Wildman–Crippen MR) is 246 cm³/mol. The Hall–Kier alpha value is -7.99. The smallest absolute Gasteiger partial charge is 0.416 e. The van der Waals surface area contributed by atoms with Crippen LogP contribution in [-0.4, -0.2) is 124 Å². The molecule has 71 heavy (non-hydrogen) atoms. The van der Waals surface area contributed by atoms with Crippen LogP contribution in [0.2, 0.25) is 0 Å². The Bertz CT molecular complexity index is 2820. The van der Waals surface area contributed by atoms with E-state index in [9.17, 15) is 46.7 Å². The topological polar surface area (TPSA) is 273 Å². The summed E-state index contributed by atoms with van der Waals surface area (Å²) in [6.45, 7) is 4.66. The third kappa shape index (κ3) is 12.8. The van der Waals surface area contributed by atoms with Crippen LogP contribution in [0.1, 0.15) is 93.7 Å². The second-order valence-electron chi connectivity index (χ2n) is 17.2. The summed E-state index contributed by atoms with van der Waals surface area (Å²) in [6, 6.07) is 13.6. The van der Waals surface area contributed by atoms with Gasteiger partial charge >= 0.3 is 12.3 Å². The molecule has 3 aromatic heterocycles. The van der Waals surface area contributed by atoms with Crippen LogP contribution in [-0.2, 0) is 30.2 Å². The molecule has 2 aromatic carbocycles. The van der Waals surface area contributed by atoms with E-state index >= 15 is 0 Å². The Labute approximate surface area is 403 Å². The number of hydrogen-bond donors (Lipinski definition) is 4. The Morgan fingerprint density at radius 3 is 2.39 bits per heavy atom. The standard InChI is InChI=1S/C47H49F3N10O11/c1-46(2,3)71-45(67)58(26-47(48,49)50)35-23-28(16-17-53-35)42-55-33(25-70-42)40(63)54-32-24-59(57-38(32)39(51)62)29-12-10-27(11-13-29)7-4-5-19-68-21-22-69-20-18-52-31-9-6-8-30-37(31)44(66)60(43(30)65)34-14-15-36(61)56-41(34)64/h6,8-13,16-17,23-25,34,52H,4-5,7,14-15,18-22,26H2,1-3H3,(H2,51,62)(H,54,63)(H,56,61,64). The van der Waals surface area contributed by atoms with Gasteiger partial charge in [-0.1, -0.05) is 18.2 Å². The number of rotatable bonds is 20. The number of oxazole rings is 1. The predicted octanol–water partition coefficient (Wildman–Crippen LogP) is 5.45. The lowest BCUT2D eigenvalue weighted by molar-refractivity contribution is -0.136. The second kappa shape index (κ2) is 21.8. The highest BCUT2D eigenvalue weighted by atomic mass is 19.4. The molecule has 21 nitrogen and oxygen atoms in total. The molecule has 1 saturated heterocycles. The van der Waals surface area contributed by atoms with E-state index in [1.165, 1.54) is 43.8 Å². The zero-order valence-electron chi connectivity index (χ0n) is 38.7. The first-order chi connectivity index (χ1) is 33.8. The van der Waals surface area contributed by atoms with Gasteiger partial charge in [0.25, 0.3) is 23.6 Å². The number of aromatic nitrogens is 4. The summed E-state index contributed by atoms with van der Waals surface area (Å²) >= 11 is 0. The van der Waals surface area contributed by atoms with Gasteiger partial charge in [0.05, 0.1) is 48.5 Å². The van der Waals surface area contributed by atoms with Gasteiger partial charge in [0, 0.05) is 37.0 Å². The van der Waals surface area contributed by atoms with Crippen molar-refractivity contribution in [2.45, 2.75) is 70.7 Å². The molecule has 5 heterocycles. The highest BCUT2D eigenvalue weighted by Gasteiger charge is 2.45. The number of imide groups is 2. The molecule has 1 unspecified atom stereocenters. The van der Waals surface area contributed by atoms with Crippen LogP contribution in [0, 0.1) is 0 Å². The van der Waals surface area contributed by atoms with E-state index in [0.29, 0.717) is 49.2 Å². The minimum absolute atomic E-state index is 0.0300. The van der Waals surface area contributed by atoms with Gasteiger partial charge in [-0.25, -0.2) is 19.4 Å². The van der Waals surface area contributed by atoms with Gasteiger partial charge in [0.1, 0.15) is 30.3 Å². The van der Waals surface area contributed by atoms with E-state index < -0.39 is 71.7 Å². The van der Waals surface area contributed by atoms with Crippen molar-refractivity contribution in [3.8, 4) is 17.1 Å². The van der Waals surface area contributed by atoms with Crippen molar-refractivity contribution in [1.29, 1.82) is 0 Å². The Kier molecular flexibility index (Phi) is 15.6. The highest BCUT2D eigenvalue weighted by Crippen LogP contribution is 2.33. The van der Waals surface area contributed by atoms with Crippen molar-refractivity contribution >= 4 is 58.7 Å². The summed E-state index contributed by atoms with van der Waals surface area (Å²) in [5.74, 6) is -4.62. The molecule has 0 saturated carbocycles. The van der Waals surface area contributed by atoms with Crippen molar-refractivity contribution in [3.63, 3.8) is 0 Å². The van der Waals surface area contributed by atoms with E-state index in [4.69, 9.17) is 24.4 Å². The maximum Gasteiger partial charge on any atom is 0.416 e. The van der Waals surface area contributed by atoms with Gasteiger partial charge in [-0.2, -0.15) is 18.3 Å². The number of nitrogens with two attached hydrogens (primary N) is 1. The largest absolute Gasteiger partial charge is 0.444 e. The van der Waals surface area contributed by atoms with E-state index in [1.807, 2.05) is 12.1 Å². The minimum atomic E-state index is -4.79. The summed E-state index contributed by atoms with van der Waals surface area (Å²) in [4.78, 5) is 97.9. The fourth-order valence-corrected chi connectivity index (χ4v) is 7.50. The Morgan fingerprint density at radius 1 is 0.944 bits per heavy atom. The Morgan fingerprint density at radius 2 is 1.69 bits per heavy atom. The molecule has 0 bridgehead atoms. The van der Waals surface area contributed by atoms with E-state index in [-0.39, 0.29) is 52.5 Å². The van der Waals surface area contributed by atoms with Gasteiger partial charge in [0.15, 0.2) is 11.4 Å². The average Bonchev–Trinajstić information content (AvgIpc) is 4.04. The maximum atomic E-state index is 13.5. The summed E-state index contributed by atoms with van der Waals surface area (Å²) in [5.41, 5.74) is 6.44. The van der Waals surface area contributed by atoms with Gasteiger partial charge in [0.2, 0.25) is 17.7 Å². The molecule has 0 spiro atoms. The Balaban J connectivity index is 0.832. The number of halogens is 3. The van der Waals surface area contributed by atoms with E-state index in [2.05, 4.69) is 31.0 Å². The number of hydrogen-bond acceptors (Lipinski definition) is 15. The fraction of sp³-hybridized carbons (Fsp3) is 0.362. The van der Waals surface area contributed by atoms with E-state index in [1.54, 1.807) is 24.3 Å². The molecule has 5 aromatic rings. The van der Waals surface area contributed by atoms with Gasteiger partial charge in [-0.15, -0.1) is 0 Å². The van der Waals surface area contributed by atoms with E-state index in [0.717, 1.165) is 48.3 Å². The molecule has 2 aliphatic heterocycles. The van der Waals surface area contributed by atoms with Crippen molar-refractivity contribution in [2.24, 2.45) is 5.73 Å². The summed E-state index contributed by atoms with van der Waals surface area (Å²) in [7, 11) is 0. The van der Waals surface area contributed by atoms with Crippen molar-refractivity contribution < 1.29 is 65.4 Å². The maximum absolute atomic E-state index is 13.5. The third-order valence-electron chi connectivity index (χ3n) is 10.8. The third-order valence-corrected chi connectivity index (χ3v) is 10.8. The first kappa shape index (κ1) is 50.9. The number of amides is 7. The molecular formula is C47H49F3N10O11. The number of piperidine rings is 1. The van der Waals surface area contributed by atoms with Crippen LogP contribution in [0.3, 0.4) is 0 Å². The number of benzene rings is 2. The summed E-state index contributed by atoms with van der Waals surface area (Å²) in [5, 5.41) is 12.1. The molecule has 2 aliphatic rings. The lowest BCUT2D eigenvalue weighted by Crippen LogP contribution is -2.54. The molecule has 7 amide bonds. The summed E-state index contributed by atoms with van der Waals surface area (Å²) < 4.78 is 63.7. The van der Waals surface area contributed by atoms with Crippen LogP contribution in [0.4, 0.5) is 35.2 Å². The molecular weight excluding hydrogens is 938 g/mol. The van der Waals surface area contributed by atoms with Gasteiger partial charge < -0.3 is 35.0 Å². The lowest BCUT2D eigenvalue weighted by Gasteiger charge is -2.27. The number of unbranched alkanes of at least 4 members (excludes halogenated alkanes) is 1. The van der Waals surface area contributed by atoms with Crippen molar-refractivity contribution in [1.82, 2.24) is 30.0 Å². The summed E-state index contributed by atoms with van der Waals surface area (Å²) in [6.07, 6.45) is -0.0757. The lowest BCUT2D eigenvalue weighted by atomic mass is 10.0. The van der Waals surface area contributed by atoms with Crippen LogP contribution >= 0.6 is 0 Å². The van der Waals surface area contributed by atoms with Gasteiger partial charge in [-0.3, -0.25) is 43.9 Å². The molecule has 0 radical (unpaired) electrons. The number of carbonyl (C=O) groups excluding carboxylic acids is 7. The molecule has 5 N–H and O–H groups in total. The number of anilines is 3. The SMILES string of the molecule is CC(C)(C)OC(=O)N(CC(F)(F)F)c1cc(-c2nc(C(=O)Nc3cn(-c4ccc(CCCCOCCOCCNc5cccc6c5C(=O)N(C5CCC(=O)NC5=O)C6=O)cc4)nc3C(N)=O)co2)ccn1. The molecule has 0 aliphatic carbocycles. The number of fused-ring (bicyclic) bond motifs is 1. The average molecular weight is 987 g/mol. The van der Waals surface area contributed by atoms with Crippen molar-refractivity contribution in [2.75, 3.05) is 55.1 Å². The zero-order valence-corrected chi connectivity index (χ0v) is 38.7. The minimum Gasteiger partial charge on any atom is -0.444 e. The number of alkyl halides is 3. The molecule has 1 fully saturated rings. The second-order valence-corrected chi connectivity index (χ2v) is 17.2. The van der Waals surface area contributed by atoms with Crippen molar-refractivity contribution in [3.05, 3.63) is 101 Å². The quantitative estimate of drug-likeness (QED) is 0.0558. The first-order valence-electron chi connectivity index (χ1n) is 22.3. The van der Waals surface area contributed by atoms with Crippen LogP contribution in [0.5, 0.6) is 0 Å². The molecule has 7 rings (SSSR count).